The van der Waals surface area contributed by atoms with E-state index in [2.05, 4.69) is 5.16 Å². The van der Waals surface area contributed by atoms with Gasteiger partial charge in [0.2, 0.25) is 0 Å². The summed E-state index contributed by atoms with van der Waals surface area (Å²) in [5.74, 6) is 0.109. The van der Waals surface area contributed by atoms with Crippen LogP contribution >= 0.6 is 12.4 Å². The summed E-state index contributed by atoms with van der Waals surface area (Å²) in [7, 11) is 0. The van der Waals surface area contributed by atoms with Gasteiger partial charge in [-0.15, -0.1) is 12.4 Å². The van der Waals surface area contributed by atoms with E-state index >= 15 is 0 Å². The van der Waals surface area contributed by atoms with Crippen LogP contribution in [0.2, 0.25) is 0 Å². The number of hydrogen-bond acceptors (Lipinski definition) is 5. The van der Waals surface area contributed by atoms with Gasteiger partial charge >= 0.3 is 5.97 Å². The standard InChI is InChI=1S/C9H14N2O3.ClH/c1-3-13-9(12)8-6(2)11-14-7(8)4-5-10;/h3-5,10H2,1-2H3;1H. The molecular weight excluding hydrogens is 220 g/mol. The Labute approximate surface area is 94.4 Å². The molecule has 0 fully saturated rings. The zero-order valence-electron chi connectivity index (χ0n) is 8.78. The topological polar surface area (TPSA) is 78.3 Å². The molecule has 0 spiro atoms. The van der Waals surface area contributed by atoms with Crippen molar-refractivity contribution in [3.05, 3.63) is 17.0 Å². The Bertz CT molecular complexity index is 325. The lowest BCUT2D eigenvalue weighted by molar-refractivity contribution is 0.0523. The van der Waals surface area contributed by atoms with Gasteiger partial charge in [0.15, 0.2) is 5.76 Å². The second-order valence-electron chi connectivity index (χ2n) is 2.83. The van der Waals surface area contributed by atoms with E-state index in [1.54, 1.807) is 13.8 Å². The molecule has 1 rings (SSSR count). The molecule has 0 saturated heterocycles. The highest BCUT2D eigenvalue weighted by molar-refractivity contribution is 5.91. The number of carbonyl (C=O) groups excluding carboxylic acids is 1. The van der Waals surface area contributed by atoms with Crippen molar-refractivity contribution in [2.75, 3.05) is 13.2 Å². The monoisotopic (exact) mass is 234 g/mol. The van der Waals surface area contributed by atoms with Crippen molar-refractivity contribution < 1.29 is 14.1 Å². The Kier molecular flexibility index (Phi) is 5.96. The van der Waals surface area contributed by atoms with Gasteiger partial charge < -0.3 is 15.0 Å². The molecule has 1 heterocycles. The highest BCUT2D eigenvalue weighted by Crippen LogP contribution is 2.15. The van der Waals surface area contributed by atoms with Crippen LogP contribution in [0.1, 0.15) is 28.7 Å². The first-order chi connectivity index (χ1) is 6.70. The predicted molar refractivity (Wildman–Crippen MR) is 57.2 cm³/mol. The zero-order chi connectivity index (χ0) is 10.6. The number of aryl methyl sites for hydroxylation is 1. The molecule has 86 valence electrons. The van der Waals surface area contributed by atoms with Crippen molar-refractivity contribution in [1.29, 1.82) is 0 Å². The molecule has 0 aromatic carbocycles. The SMILES string of the molecule is CCOC(=O)c1c(C)noc1CCN.Cl. The number of nitrogens with two attached hydrogens (primary N) is 1. The minimum atomic E-state index is -0.394. The average Bonchev–Trinajstić information content (AvgIpc) is 2.48. The molecular formula is C9H15ClN2O3. The minimum absolute atomic E-state index is 0. The number of nitrogens with zero attached hydrogens (tertiary/aromatic N) is 1. The molecule has 0 bridgehead atoms. The third-order valence-electron chi connectivity index (χ3n) is 1.78. The van der Waals surface area contributed by atoms with E-state index in [-0.39, 0.29) is 12.4 Å². The molecule has 2 N–H and O–H groups in total. The van der Waals surface area contributed by atoms with Crippen LogP contribution < -0.4 is 5.73 Å². The van der Waals surface area contributed by atoms with Gasteiger partial charge in [0, 0.05) is 6.42 Å². The molecule has 5 nitrogen and oxygen atoms in total. The molecule has 0 saturated carbocycles. The van der Waals surface area contributed by atoms with Crippen LogP contribution in [0.4, 0.5) is 0 Å². The van der Waals surface area contributed by atoms with E-state index in [0.29, 0.717) is 36.6 Å². The van der Waals surface area contributed by atoms with Crippen LogP contribution in [-0.2, 0) is 11.2 Å². The Hall–Kier alpha value is -1.07. The van der Waals surface area contributed by atoms with Crippen LogP contribution in [0.15, 0.2) is 4.52 Å². The van der Waals surface area contributed by atoms with Gasteiger partial charge in [-0.3, -0.25) is 0 Å². The molecule has 1 aromatic heterocycles. The third kappa shape index (κ3) is 3.21. The molecule has 0 amide bonds. The number of esters is 1. The molecule has 0 unspecified atom stereocenters. The van der Waals surface area contributed by atoms with Gasteiger partial charge in [0.05, 0.1) is 12.3 Å². The number of aromatic nitrogens is 1. The lowest BCUT2D eigenvalue weighted by atomic mass is 10.1. The van der Waals surface area contributed by atoms with E-state index in [9.17, 15) is 4.79 Å². The third-order valence-corrected chi connectivity index (χ3v) is 1.78. The Morgan fingerprint density at radius 1 is 1.60 bits per heavy atom. The smallest absolute Gasteiger partial charge is 0.343 e. The molecule has 0 aliphatic heterocycles. The lowest BCUT2D eigenvalue weighted by Gasteiger charge is -2.00. The number of carbonyl (C=O) groups is 1. The largest absolute Gasteiger partial charge is 0.462 e. The molecule has 0 aliphatic carbocycles. The van der Waals surface area contributed by atoms with Crippen molar-refractivity contribution >= 4 is 18.4 Å². The van der Waals surface area contributed by atoms with Crippen molar-refractivity contribution in [3.63, 3.8) is 0 Å². The van der Waals surface area contributed by atoms with E-state index in [1.807, 2.05) is 0 Å². The maximum atomic E-state index is 11.5. The van der Waals surface area contributed by atoms with E-state index in [0.717, 1.165) is 0 Å². The summed E-state index contributed by atoms with van der Waals surface area (Å²) in [5.41, 5.74) is 6.34. The lowest BCUT2D eigenvalue weighted by Crippen LogP contribution is -2.10. The van der Waals surface area contributed by atoms with Gasteiger partial charge in [-0.05, 0) is 20.4 Å². The fourth-order valence-corrected chi connectivity index (χ4v) is 1.18. The normalized spacial score (nSPS) is 9.53. The van der Waals surface area contributed by atoms with E-state index in [4.69, 9.17) is 15.0 Å². The maximum absolute atomic E-state index is 11.5. The summed E-state index contributed by atoms with van der Waals surface area (Å²) in [6, 6.07) is 0. The molecule has 0 radical (unpaired) electrons. The number of ether oxygens (including phenoxy) is 1. The van der Waals surface area contributed by atoms with Crippen molar-refractivity contribution in [2.24, 2.45) is 5.73 Å². The minimum Gasteiger partial charge on any atom is -0.462 e. The van der Waals surface area contributed by atoms with Gasteiger partial charge in [-0.2, -0.15) is 0 Å². The van der Waals surface area contributed by atoms with Crippen LogP contribution in [0, 0.1) is 6.92 Å². The van der Waals surface area contributed by atoms with E-state index < -0.39 is 5.97 Å². The summed E-state index contributed by atoms with van der Waals surface area (Å²) in [4.78, 5) is 11.5. The number of rotatable bonds is 4. The quantitative estimate of drug-likeness (QED) is 0.789. The van der Waals surface area contributed by atoms with Crippen LogP contribution in [-0.4, -0.2) is 24.3 Å². The van der Waals surface area contributed by atoms with Crippen LogP contribution in [0.3, 0.4) is 0 Å². The van der Waals surface area contributed by atoms with Gasteiger partial charge in [-0.25, -0.2) is 4.79 Å². The van der Waals surface area contributed by atoms with E-state index in [1.165, 1.54) is 0 Å². The summed E-state index contributed by atoms with van der Waals surface area (Å²) in [6.07, 6.45) is 0.495. The fraction of sp³-hybridized carbons (Fsp3) is 0.556. The molecule has 6 heteroatoms. The summed E-state index contributed by atoms with van der Waals surface area (Å²) >= 11 is 0. The van der Waals surface area contributed by atoms with Gasteiger partial charge in [0.25, 0.3) is 0 Å². The Morgan fingerprint density at radius 3 is 2.80 bits per heavy atom. The Morgan fingerprint density at radius 2 is 2.27 bits per heavy atom. The first kappa shape index (κ1) is 13.9. The number of halogens is 1. The first-order valence-corrected chi connectivity index (χ1v) is 4.53. The molecule has 1 aromatic rings. The molecule has 0 aliphatic rings. The van der Waals surface area contributed by atoms with Crippen LogP contribution in [0.25, 0.3) is 0 Å². The van der Waals surface area contributed by atoms with Crippen molar-refractivity contribution in [2.45, 2.75) is 20.3 Å². The molecule has 15 heavy (non-hydrogen) atoms. The highest BCUT2D eigenvalue weighted by atomic mass is 35.5. The highest BCUT2D eigenvalue weighted by Gasteiger charge is 2.20. The second-order valence-corrected chi connectivity index (χ2v) is 2.83. The Balaban J connectivity index is 0.00000196. The van der Waals surface area contributed by atoms with Gasteiger partial charge in [-0.1, -0.05) is 5.16 Å². The first-order valence-electron chi connectivity index (χ1n) is 4.53. The zero-order valence-corrected chi connectivity index (χ0v) is 9.60. The van der Waals surface area contributed by atoms with Crippen LogP contribution in [0.5, 0.6) is 0 Å². The predicted octanol–water partition coefficient (Wildman–Crippen LogP) is 1.08. The second kappa shape index (κ2) is 6.42. The summed E-state index contributed by atoms with van der Waals surface area (Å²) < 4.78 is 9.85. The summed E-state index contributed by atoms with van der Waals surface area (Å²) in [6.45, 7) is 4.21. The average molecular weight is 235 g/mol. The fourth-order valence-electron chi connectivity index (χ4n) is 1.18. The number of hydrogen-bond donors (Lipinski definition) is 1. The van der Waals surface area contributed by atoms with Gasteiger partial charge in [0.1, 0.15) is 5.56 Å². The van der Waals surface area contributed by atoms with Crippen molar-refractivity contribution in [1.82, 2.24) is 5.16 Å². The maximum Gasteiger partial charge on any atom is 0.343 e. The van der Waals surface area contributed by atoms with Crippen molar-refractivity contribution in [3.8, 4) is 0 Å². The summed E-state index contributed by atoms with van der Waals surface area (Å²) in [5, 5.41) is 3.71. The molecule has 0 atom stereocenters.